The zero-order chi connectivity index (χ0) is 65.2. The van der Waals surface area contributed by atoms with Crippen LogP contribution < -0.4 is 21.9 Å². The molecule has 0 spiro atoms. The van der Waals surface area contributed by atoms with Crippen LogP contribution in [0.5, 0.6) is 5.75 Å². The number of carbonyl (C=O) groups excluding carboxylic acids is 2. The minimum Gasteiger partial charge on any atom is -0.431 e. The lowest BCUT2D eigenvalue weighted by molar-refractivity contribution is -0.0495. The predicted octanol–water partition coefficient (Wildman–Crippen LogP) is 10.6. The van der Waals surface area contributed by atoms with Gasteiger partial charge in [-0.1, -0.05) is 0 Å². The minimum absolute atomic E-state index is 0.0351. The van der Waals surface area contributed by atoms with Crippen molar-refractivity contribution in [3.05, 3.63) is 83.2 Å². The number of alkyl halides is 4. The molecule has 6 aliphatic carbocycles. The van der Waals surface area contributed by atoms with Crippen molar-refractivity contribution < 1.29 is 37.0 Å². The molecule has 4 saturated heterocycles. The van der Waals surface area contributed by atoms with Crippen LogP contribution in [-0.4, -0.2) is 170 Å². The number of amides is 2. The lowest BCUT2D eigenvalue weighted by Crippen LogP contribution is -2.53. The maximum Gasteiger partial charge on any atom is 0.387 e. The Hall–Kier alpha value is -7.18. The molecule has 93 heavy (non-hydrogen) atoms. The highest BCUT2D eigenvalue weighted by atomic mass is 19.3. The van der Waals surface area contributed by atoms with Crippen molar-refractivity contribution in [2.75, 3.05) is 69.6 Å². The molecule has 12 atom stereocenters. The van der Waals surface area contributed by atoms with Crippen LogP contribution in [0.3, 0.4) is 0 Å². The molecular weight excluding hydrogens is 1190 g/mol. The van der Waals surface area contributed by atoms with Gasteiger partial charge in [0, 0.05) is 153 Å². The Balaban J connectivity index is 0.000000122. The molecule has 10 aliphatic rings. The highest BCUT2D eigenvalue weighted by Gasteiger charge is 2.62. The number of nitrogens with zero attached hydrogens (tertiary/aromatic N) is 13. The number of likely N-dealkylation sites (tertiary alicyclic amines) is 4. The molecule has 6 aromatic heterocycles. The van der Waals surface area contributed by atoms with Crippen LogP contribution in [0.25, 0.3) is 33.8 Å². The van der Waals surface area contributed by atoms with Crippen LogP contribution in [0, 0.1) is 35.5 Å². The average molecular weight is 1280 g/mol. The first-order valence-electron chi connectivity index (χ1n) is 34.0. The second kappa shape index (κ2) is 24.5. The number of pyridine rings is 3. The summed E-state index contributed by atoms with van der Waals surface area (Å²) in [6.45, 7) is 17.3. The van der Waals surface area contributed by atoms with Crippen LogP contribution >= 0.6 is 0 Å². The Bertz CT molecular complexity index is 3560. The molecule has 24 heteroatoms. The van der Waals surface area contributed by atoms with Crippen LogP contribution in [0.2, 0.25) is 0 Å². The van der Waals surface area contributed by atoms with Gasteiger partial charge in [0.15, 0.2) is 11.6 Å². The van der Waals surface area contributed by atoms with E-state index in [1.807, 2.05) is 39.6 Å². The van der Waals surface area contributed by atoms with Crippen LogP contribution in [0.1, 0.15) is 186 Å². The molecule has 7 N–H and O–H groups in total. The number of aromatic nitrogens is 9. The number of carbonyl (C=O) groups is 2. The summed E-state index contributed by atoms with van der Waals surface area (Å²) in [5, 5.41) is 24.8. The van der Waals surface area contributed by atoms with E-state index in [2.05, 4.69) is 97.6 Å². The Morgan fingerprint density at radius 2 is 0.860 bits per heavy atom. The number of ether oxygens (including phenoxy) is 1. The number of halogens is 4. The fourth-order valence-electron chi connectivity index (χ4n) is 17.3. The monoisotopic (exact) mass is 1280 g/mol. The molecule has 2 amide bonds. The molecule has 498 valence electrons. The smallest absolute Gasteiger partial charge is 0.387 e. The van der Waals surface area contributed by atoms with Crippen LogP contribution in [-0.2, 0) is 0 Å². The lowest BCUT2D eigenvalue weighted by atomic mass is 9.95. The third-order valence-corrected chi connectivity index (χ3v) is 22.1. The molecule has 6 unspecified atom stereocenters. The summed E-state index contributed by atoms with van der Waals surface area (Å²) in [5.74, 6) is 5.34. The topological polar surface area (TPSA) is 247 Å². The molecule has 0 radical (unpaired) electrons. The molecule has 6 saturated carbocycles. The lowest BCUT2D eigenvalue weighted by Gasteiger charge is -2.40. The number of nitrogens with two attached hydrogens (primary N) is 3. The molecule has 4 aliphatic heterocycles. The number of fused-ring (bicyclic) bond motifs is 3. The molecular formula is C69H90F4N16O4. The molecule has 0 bridgehead atoms. The summed E-state index contributed by atoms with van der Waals surface area (Å²) in [6.07, 6.45) is 14.1. The molecule has 0 aromatic carbocycles. The van der Waals surface area contributed by atoms with Gasteiger partial charge >= 0.3 is 6.61 Å². The van der Waals surface area contributed by atoms with Gasteiger partial charge in [-0.25, -0.2) is 23.7 Å². The highest BCUT2D eigenvalue weighted by Crippen LogP contribution is 2.67. The van der Waals surface area contributed by atoms with Gasteiger partial charge in [-0.15, -0.1) is 0 Å². The molecule has 6 aromatic rings. The van der Waals surface area contributed by atoms with Gasteiger partial charge in [-0.2, -0.15) is 24.1 Å². The number of anilines is 3. The van der Waals surface area contributed by atoms with Crippen LogP contribution in [0.15, 0.2) is 55.0 Å². The summed E-state index contributed by atoms with van der Waals surface area (Å²) < 4.78 is 62.4. The fourth-order valence-corrected chi connectivity index (χ4v) is 17.3. The van der Waals surface area contributed by atoms with E-state index in [4.69, 9.17) is 27.4 Å². The maximum atomic E-state index is 13.3. The Morgan fingerprint density at radius 1 is 0.527 bits per heavy atom. The summed E-state index contributed by atoms with van der Waals surface area (Å²) >= 11 is 0. The number of aliphatic hydroxyl groups is 1. The highest BCUT2D eigenvalue weighted by molar-refractivity contribution is 6.00. The van der Waals surface area contributed by atoms with Crippen molar-refractivity contribution in [2.24, 2.45) is 35.5 Å². The largest absolute Gasteiger partial charge is 0.431 e. The molecule has 10 fully saturated rings. The van der Waals surface area contributed by atoms with Gasteiger partial charge in [-0.05, 0) is 185 Å². The summed E-state index contributed by atoms with van der Waals surface area (Å²) in [4.78, 5) is 47.0. The maximum absolute atomic E-state index is 13.3. The number of hydrogen-bond acceptors (Lipinski definition) is 15. The first-order chi connectivity index (χ1) is 44.5. The predicted molar refractivity (Wildman–Crippen MR) is 346 cm³/mol. The quantitative estimate of drug-likeness (QED) is 0.0698. The van der Waals surface area contributed by atoms with Crippen molar-refractivity contribution in [1.29, 1.82) is 0 Å². The Kier molecular flexibility index (Phi) is 16.7. The fraction of sp³-hybridized carbons (Fsp3) is 0.623. The summed E-state index contributed by atoms with van der Waals surface area (Å²) in [5.41, 5.74) is 26.5. The van der Waals surface area contributed by atoms with E-state index in [0.717, 1.165) is 92.9 Å². The summed E-state index contributed by atoms with van der Waals surface area (Å²) in [7, 11) is 0. The van der Waals surface area contributed by atoms with Crippen molar-refractivity contribution in [3.8, 4) is 39.5 Å². The average Bonchev–Trinajstić information content (AvgIpc) is 1.57. The van der Waals surface area contributed by atoms with Gasteiger partial charge in [0.2, 0.25) is 0 Å². The standard InChI is InChI=1S/2C25H33FN6O.C19H24F2N4O2/c2*1-14(2)32-22(23-18-8-17(9-19(18)23)31-12-16(26)13-31)10-21(29-32)15-7-20(24(27)28-11-15)25(33)30-5-3-4-6-30;1-9(2)25-14(16-11-6-19(3,26)7-12(11)16)5-13(24-25)10-4-15(27-18(20)21)17(22)23-8-10/h2*7,10-11,14,16-19,23H,3-6,8-9,12-13H2,1-2H3,(H2,27,28);4-5,8-9,11-12,16,18,26H,6-7H2,1-3H3,(H2,22,23)/t2*17?,18-,19+,23?;11-,12+,16?,19?. The van der Waals surface area contributed by atoms with E-state index < -0.39 is 24.6 Å². The molecule has 10 heterocycles. The van der Waals surface area contributed by atoms with Gasteiger partial charge < -0.3 is 36.8 Å². The van der Waals surface area contributed by atoms with Crippen molar-refractivity contribution in [1.82, 2.24) is 63.9 Å². The summed E-state index contributed by atoms with van der Waals surface area (Å²) in [6, 6.07) is 13.3. The zero-order valence-electron chi connectivity index (χ0n) is 54.5. The third-order valence-electron chi connectivity index (χ3n) is 22.1. The molecule has 16 rings (SSSR count). The normalized spacial score (nSPS) is 29.5. The number of hydrogen-bond donors (Lipinski definition) is 4. The zero-order valence-corrected chi connectivity index (χ0v) is 54.5. The minimum atomic E-state index is -2.97. The van der Waals surface area contributed by atoms with Gasteiger partial charge in [0.25, 0.3) is 11.8 Å². The second-order valence-electron chi connectivity index (χ2n) is 29.6. The van der Waals surface area contributed by atoms with E-state index >= 15 is 0 Å². The van der Waals surface area contributed by atoms with Gasteiger partial charge in [0.1, 0.15) is 24.0 Å². The van der Waals surface area contributed by atoms with Gasteiger partial charge in [0.05, 0.1) is 33.8 Å². The second-order valence-corrected chi connectivity index (χ2v) is 29.6. The first kappa shape index (κ1) is 63.2. The van der Waals surface area contributed by atoms with Crippen molar-refractivity contribution in [3.63, 3.8) is 0 Å². The number of rotatable bonds is 15. The Morgan fingerprint density at radius 3 is 1.19 bits per heavy atom. The van der Waals surface area contributed by atoms with Crippen molar-refractivity contribution >= 4 is 29.3 Å². The van der Waals surface area contributed by atoms with E-state index in [1.165, 1.54) is 49.3 Å². The van der Waals surface area contributed by atoms with Crippen LogP contribution in [0.4, 0.5) is 35.0 Å². The molecule has 20 nitrogen and oxygen atoms in total. The van der Waals surface area contributed by atoms with E-state index in [9.17, 15) is 32.3 Å². The van der Waals surface area contributed by atoms with Gasteiger partial charge in [-0.3, -0.25) is 33.4 Å². The SMILES string of the molecule is CC(C)n1nc(-c2cnc(N)c(C(=O)N3CCCC3)c2)cc1C1[C@H]2CC(N3CC(F)C3)C[C@@H]12.CC(C)n1nc(-c2cnc(N)c(C(=O)N3CCCC3)c2)cc1C1[C@H]2CC(N3CC(F)C3)C[C@@H]12.CC(C)n1nc(-c2cnc(N)c(OC(F)F)c2)cc1C1[C@H]2CC(C)(O)C[C@@H]12. The third kappa shape index (κ3) is 12.3. The van der Waals surface area contributed by atoms with Crippen molar-refractivity contribution in [2.45, 2.75) is 185 Å². The Labute approximate surface area is 541 Å². The van der Waals surface area contributed by atoms with E-state index in [1.54, 1.807) is 12.4 Å². The van der Waals surface area contributed by atoms with E-state index in [0.29, 0.717) is 114 Å². The first-order valence-corrected chi connectivity index (χ1v) is 34.0. The van der Waals surface area contributed by atoms with E-state index in [-0.39, 0.29) is 53.1 Å². The number of nitrogen functional groups attached to an aromatic ring is 3.